The first kappa shape index (κ1) is 25.7. The highest BCUT2D eigenvalue weighted by Gasteiger charge is 2.42. The van der Waals surface area contributed by atoms with Gasteiger partial charge in [0.25, 0.3) is 0 Å². The Balaban J connectivity index is 1.61. The molecule has 0 radical (unpaired) electrons. The fourth-order valence-electron chi connectivity index (χ4n) is 6.06. The van der Waals surface area contributed by atoms with E-state index in [2.05, 4.69) is 44.4 Å². The fourth-order valence-corrected chi connectivity index (χ4v) is 7.04. The maximum absolute atomic E-state index is 11.8. The molecule has 2 N–H and O–H groups in total. The van der Waals surface area contributed by atoms with Crippen LogP contribution in [0.25, 0.3) is 0 Å². The lowest BCUT2D eigenvalue weighted by Crippen LogP contribution is -2.29. The van der Waals surface area contributed by atoms with Gasteiger partial charge in [-0.25, -0.2) is 8.42 Å². The first-order chi connectivity index (χ1) is 17.6. The molecule has 1 aliphatic heterocycles. The Labute approximate surface area is 225 Å². The van der Waals surface area contributed by atoms with Crippen molar-refractivity contribution in [3.05, 3.63) is 76.9 Å². The highest BCUT2D eigenvalue weighted by Crippen LogP contribution is 2.45. The quantitative estimate of drug-likeness (QED) is 0.383. The van der Waals surface area contributed by atoms with Crippen LogP contribution in [-0.4, -0.2) is 29.3 Å². The third-order valence-corrected chi connectivity index (χ3v) is 8.57. The molecular formula is C28H35N5O2S2. The van der Waals surface area contributed by atoms with E-state index in [-0.39, 0.29) is 12.1 Å². The van der Waals surface area contributed by atoms with Crippen LogP contribution in [0.4, 0.5) is 11.4 Å². The highest BCUT2D eigenvalue weighted by molar-refractivity contribution is 7.92. The van der Waals surface area contributed by atoms with Crippen LogP contribution in [0.1, 0.15) is 78.4 Å². The van der Waals surface area contributed by atoms with Crippen LogP contribution in [0.2, 0.25) is 0 Å². The average Bonchev–Trinajstić information content (AvgIpc) is 3.35. The van der Waals surface area contributed by atoms with Gasteiger partial charge in [0, 0.05) is 29.3 Å². The fraction of sp³-hybridized carbons (Fsp3) is 0.429. The molecule has 2 aromatic heterocycles. The molecule has 1 aliphatic carbocycles. The topological polar surface area (TPSA) is 79.3 Å². The molecular weight excluding hydrogens is 502 g/mol. The summed E-state index contributed by atoms with van der Waals surface area (Å²) in [5, 5.41) is 4.18. The second kappa shape index (κ2) is 10.1. The molecule has 2 unspecified atom stereocenters. The normalized spacial score (nSPS) is 20.8. The van der Waals surface area contributed by atoms with Crippen LogP contribution in [0.5, 0.6) is 0 Å². The van der Waals surface area contributed by atoms with Crippen LogP contribution in [0, 0.1) is 20.8 Å². The number of pyridine rings is 1. The minimum atomic E-state index is -3.37. The Hall–Kier alpha value is -2.91. The summed E-state index contributed by atoms with van der Waals surface area (Å²) in [5.41, 5.74) is 7.05. The molecule has 0 bridgehead atoms. The molecule has 3 heterocycles. The zero-order valence-corrected chi connectivity index (χ0v) is 23.5. The zero-order chi connectivity index (χ0) is 26.3. The molecule has 0 spiro atoms. The predicted molar refractivity (Wildman–Crippen MR) is 154 cm³/mol. The van der Waals surface area contributed by atoms with Crippen molar-refractivity contribution >= 4 is 38.7 Å². The first-order valence-corrected chi connectivity index (χ1v) is 15.2. The third kappa shape index (κ3) is 5.11. The third-order valence-electron chi connectivity index (χ3n) is 7.66. The van der Waals surface area contributed by atoms with E-state index in [0.29, 0.717) is 16.8 Å². The van der Waals surface area contributed by atoms with E-state index < -0.39 is 10.0 Å². The average molecular weight is 538 g/mol. The summed E-state index contributed by atoms with van der Waals surface area (Å²) in [4.78, 5) is 6.85. The Bertz CT molecular complexity index is 1410. The molecule has 5 rings (SSSR count). The molecule has 2 atom stereocenters. The van der Waals surface area contributed by atoms with Gasteiger partial charge in [-0.05, 0) is 93.4 Å². The number of thiocarbonyl (C=S) groups is 1. The second-order valence-corrected chi connectivity index (χ2v) is 12.5. The molecule has 2 fully saturated rings. The lowest BCUT2D eigenvalue weighted by atomic mass is 9.94. The number of hydrogen-bond acceptors (Lipinski definition) is 4. The van der Waals surface area contributed by atoms with E-state index >= 15 is 0 Å². The van der Waals surface area contributed by atoms with Gasteiger partial charge in [0.1, 0.15) is 0 Å². The van der Waals surface area contributed by atoms with E-state index in [9.17, 15) is 8.42 Å². The molecule has 1 saturated heterocycles. The van der Waals surface area contributed by atoms with Crippen molar-refractivity contribution in [3.8, 4) is 0 Å². The van der Waals surface area contributed by atoms with Crippen molar-refractivity contribution in [1.82, 2.24) is 14.9 Å². The number of anilines is 2. The summed E-state index contributed by atoms with van der Waals surface area (Å²) < 4.78 is 28.8. The number of aryl methyl sites for hydroxylation is 2. The van der Waals surface area contributed by atoms with E-state index in [1.165, 1.54) is 49.1 Å². The number of hydrogen-bond donors (Lipinski definition) is 2. The van der Waals surface area contributed by atoms with Crippen LogP contribution in [0.3, 0.4) is 0 Å². The zero-order valence-electron chi connectivity index (χ0n) is 21.9. The van der Waals surface area contributed by atoms with E-state index in [4.69, 9.17) is 12.2 Å². The molecule has 1 aromatic carbocycles. The summed E-state index contributed by atoms with van der Waals surface area (Å²) in [5.74, 6) is 0. The Morgan fingerprint density at radius 1 is 1.05 bits per heavy atom. The molecule has 3 aromatic rings. The maximum atomic E-state index is 11.8. The Morgan fingerprint density at radius 3 is 2.46 bits per heavy atom. The summed E-state index contributed by atoms with van der Waals surface area (Å²) >= 11 is 5.92. The highest BCUT2D eigenvalue weighted by atomic mass is 32.2. The van der Waals surface area contributed by atoms with E-state index in [0.717, 1.165) is 23.2 Å². The van der Waals surface area contributed by atoms with Gasteiger partial charge < -0.3 is 14.8 Å². The van der Waals surface area contributed by atoms with E-state index in [1.54, 1.807) is 0 Å². The van der Waals surface area contributed by atoms with Crippen molar-refractivity contribution in [2.75, 3.05) is 15.9 Å². The van der Waals surface area contributed by atoms with Gasteiger partial charge in [0.05, 0.1) is 29.7 Å². The molecule has 0 amide bonds. The monoisotopic (exact) mass is 537 g/mol. The minimum Gasteiger partial charge on any atom is -0.351 e. The predicted octanol–water partition coefficient (Wildman–Crippen LogP) is 5.86. The van der Waals surface area contributed by atoms with Gasteiger partial charge in [-0.15, -0.1) is 0 Å². The lowest BCUT2D eigenvalue weighted by Gasteiger charge is -2.30. The van der Waals surface area contributed by atoms with Crippen LogP contribution in [-0.2, 0) is 10.0 Å². The SMILES string of the molecule is Cc1cc(N2C(=S)NC(c3ccccn3)C2c2cc(C)n(C3CCCCC3)c2C)ccc1NS(C)(=O)=O. The Kier molecular flexibility index (Phi) is 7.02. The van der Waals surface area contributed by atoms with Gasteiger partial charge in [0.15, 0.2) is 5.11 Å². The number of rotatable bonds is 6. The second-order valence-electron chi connectivity index (χ2n) is 10.4. The number of aromatic nitrogens is 2. The summed E-state index contributed by atoms with van der Waals surface area (Å²) in [7, 11) is -3.37. The summed E-state index contributed by atoms with van der Waals surface area (Å²) in [6.07, 6.45) is 9.31. The van der Waals surface area contributed by atoms with Crippen LogP contribution in [0.15, 0.2) is 48.7 Å². The van der Waals surface area contributed by atoms with Gasteiger partial charge in [-0.3, -0.25) is 9.71 Å². The number of nitrogens with one attached hydrogen (secondary N) is 2. The van der Waals surface area contributed by atoms with Crippen molar-refractivity contribution < 1.29 is 8.42 Å². The number of benzene rings is 1. The van der Waals surface area contributed by atoms with Gasteiger partial charge in [-0.2, -0.15) is 0 Å². The van der Waals surface area contributed by atoms with Crippen molar-refractivity contribution in [1.29, 1.82) is 0 Å². The van der Waals surface area contributed by atoms with Crippen molar-refractivity contribution in [3.63, 3.8) is 0 Å². The first-order valence-electron chi connectivity index (χ1n) is 12.9. The number of nitrogens with zero attached hydrogens (tertiary/aromatic N) is 3. The van der Waals surface area contributed by atoms with Gasteiger partial charge in [0.2, 0.25) is 10.0 Å². The molecule has 37 heavy (non-hydrogen) atoms. The van der Waals surface area contributed by atoms with Crippen LogP contribution >= 0.6 is 12.2 Å². The lowest BCUT2D eigenvalue weighted by molar-refractivity contribution is 0.345. The molecule has 9 heteroatoms. The molecule has 7 nitrogen and oxygen atoms in total. The minimum absolute atomic E-state index is 0.0981. The summed E-state index contributed by atoms with van der Waals surface area (Å²) in [6.45, 7) is 6.35. The standard InChI is InChI=1S/C28H35N5O2S2/c1-18-16-22(13-14-24(18)31-37(4,34)35)33-27(26(30-28(33)36)25-12-8-9-15-29-25)23-17-19(2)32(20(23)3)21-10-6-5-7-11-21/h8-9,12-17,21,26-27,31H,5-7,10-11H2,1-4H3,(H,30,36). The largest absolute Gasteiger partial charge is 0.351 e. The molecule has 2 aliphatic rings. The van der Waals surface area contributed by atoms with Gasteiger partial charge in [-0.1, -0.05) is 25.3 Å². The smallest absolute Gasteiger partial charge is 0.229 e. The van der Waals surface area contributed by atoms with Crippen molar-refractivity contribution in [2.45, 2.75) is 71.0 Å². The number of sulfonamides is 1. The van der Waals surface area contributed by atoms with Crippen molar-refractivity contribution in [2.24, 2.45) is 0 Å². The van der Waals surface area contributed by atoms with Crippen LogP contribution < -0.4 is 14.9 Å². The summed E-state index contributed by atoms with van der Waals surface area (Å²) in [6, 6.07) is 14.4. The molecule has 1 saturated carbocycles. The van der Waals surface area contributed by atoms with E-state index in [1.807, 2.05) is 49.5 Å². The Morgan fingerprint density at radius 2 is 1.81 bits per heavy atom. The maximum Gasteiger partial charge on any atom is 0.229 e. The van der Waals surface area contributed by atoms with Gasteiger partial charge >= 0.3 is 0 Å². The molecule has 196 valence electrons.